The number of halogens is 1. The van der Waals surface area contributed by atoms with Gasteiger partial charge in [-0.25, -0.2) is 32.0 Å². The second-order valence-electron chi connectivity index (χ2n) is 21.7. The third kappa shape index (κ3) is 27.7. The summed E-state index contributed by atoms with van der Waals surface area (Å²) in [5, 5.41) is 9.10. The first kappa shape index (κ1) is 66.7. The summed E-state index contributed by atoms with van der Waals surface area (Å²) < 4.78 is 89.8. The standard InChI is InChI=1S/C13H20N2O4S.C13H18N2O3S.C12H18N2O2.C12H16N2O.ClH2NO2S/c1-13(2,3)8-19-10-6-4-5-9(7-20(15,17)18)11(10)12(14)16;1-13(2,3)8-18-10-6-4-5-9-7-19(16,17)15-12(14)11(9)10;1-12(2,3)7-16-9-6-4-5-8(13)10(9)11(14)15;1-12(2,3)8-15-10-7-5-6-9(13)11(10)14-4;1-5(2,3)4/h4-6H,7-8H2,1-3H3,(H2,14,16)(H2,15,17,18);4-6H,7-8H2,1-3H3,(H2,14,15);4-6H,7,13H2,1-3H3,(H2,14,15);5-7H,8,13H2,1-3H3;(H2,2,3,4). The third-order valence-electron chi connectivity index (χ3n) is 8.75. The number of amides is 2. The van der Waals surface area contributed by atoms with E-state index in [4.69, 9.17) is 59.3 Å². The van der Waals surface area contributed by atoms with E-state index < -0.39 is 46.9 Å². The zero-order chi connectivity index (χ0) is 58.1. The maximum Gasteiger partial charge on any atom is 0.294 e. The minimum Gasteiger partial charge on any atom is -0.504 e. The van der Waals surface area contributed by atoms with Gasteiger partial charge in [0.15, 0.2) is 0 Å². The Balaban J connectivity index is 0.000000487. The fourth-order valence-electron chi connectivity index (χ4n) is 5.73. The first-order valence-electron chi connectivity index (χ1n) is 22.7. The van der Waals surface area contributed by atoms with E-state index in [0.717, 1.165) is 0 Å². The predicted molar refractivity (Wildman–Crippen MR) is 297 cm³/mol. The lowest BCUT2D eigenvalue weighted by Crippen LogP contribution is -2.26. The SMILES string of the molecule is CC(C)(C)COc1cccc(CS(N)(=O)=O)c1C(N)=O.CC(C)(C)COc1cccc(N)c1C(N)=O.CC(C)(C)COc1cccc2c1C(N)=NS(=O)(=O)C2.NS(=O)(=O)Cl.[C-]#[N+]c1c(N)cccc1OCC(C)(C)C. The van der Waals surface area contributed by atoms with Crippen molar-refractivity contribution < 1.29 is 53.8 Å². The number of hydrogen-bond donors (Lipinski definition) is 7. The van der Waals surface area contributed by atoms with Gasteiger partial charge in [-0.15, -0.1) is 4.40 Å². The van der Waals surface area contributed by atoms with Crippen molar-refractivity contribution in [2.75, 3.05) is 37.9 Å². The highest BCUT2D eigenvalue weighted by Crippen LogP contribution is 2.35. The number of hydrogen-bond acceptors (Lipinski definition) is 15. The van der Waals surface area contributed by atoms with Crippen LogP contribution in [0.1, 0.15) is 120 Å². The van der Waals surface area contributed by atoms with E-state index in [-0.39, 0.29) is 55.7 Å². The molecule has 1 heterocycles. The summed E-state index contributed by atoms with van der Waals surface area (Å²) in [5.74, 6) is -0.0197. The van der Waals surface area contributed by atoms with Gasteiger partial charge >= 0.3 is 0 Å². The van der Waals surface area contributed by atoms with Crippen molar-refractivity contribution in [3.05, 3.63) is 112 Å². The Hall–Kier alpha value is -6.36. The number of nitrogens with two attached hydrogens (primary N) is 7. The van der Waals surface area contributed by atoms with Crippen LogP contribution in [0.15, 0.2) is 77.2 Å². The Morgan fingerprint density at radius 3 is 1.39 bits per heavy atom. The minimum absolute atomic E-state index is 0.00533. The topological polar surface area (TPSA) is 372 Å². The number of nitrogens with zero attached hydrogens (tertiary/aromatic N) is 2. The fourth-order valence-corrected chi connectivity index (χ4v) is 7.49. The molecule has 5 rings (SSSR count). The lowest BCUT2D eigenvalue weighted by Gasteiger charge is -2.22. The van der Waals surface area contributed by atoms with E-state index in [9.17, 15) is 34.8 Å². The van der Waals surface area contributed by atoms with Crippen molar-refractivity contribution in [3.63, 3.8) is 0 Å². The number of benzene rings is 4. The molecule has 0 aromatic heterocycles. The predicted octanol–water partition coefficient (Wildman–Crippen LogP) is 7.12. The average Bonchev–Trinajstić information content (AvgIpc) is 3.21. The molecule has 0 saturated carbocycles. The van der Waals surface area contributed by atoms with Gasteiger partial charge in [0.1, 0.15) is 34.4 Å². The Morgan fingerprint density at radius 1 is 0.613 bits per heavy atom. The molecule has 4 aromatic carbocycles. The number of carbonyl (C=O) groups excluding carboxylic acids is 2. The molecule has 416 valence electrons. The molecule has 0 bridgehead atoms. The van der Waals surface area contributed by atoms with Gasteiger partial charge in [0.05, 0.1) is 55.6 Å². The van der Waals surface area contributed by atoms with Gasteiger partial charge in [-0.1, -0.05) is 119 Å². The van der Waals surface area contributed by atoms with Crippen LogP contribution in [0, 0.1) is 28.2 Å². The van der Waals surface area contributed by atoms with Gasteiger partial charge in [-0.2, -0.15) is 8.42 Å². The van der Waals surface area contributed by atoms with Crippen molar-refractivity contribution in [1.29, 1.82) is 0 Å². The highest BCUT2D eigenvalue weighted by molar-refractivity contribution is 8.11. The number of rotatable bonds is 12. The van der Waals surface area contributed by atoms with Crippen LogP contribution in [0.5, 0.6) is 23.0 Å². The smallest absolute Gasteiger partial charge is 0.294 e. The van der Waals surface area contributed by atoms with Crippen LogP contribution < -0.4 is 57.9 Å². The zero-order valence-electron chi connectivity index (χ0n) is 44.6. The number of anilines is 2. The summed E-state index contributed by atoms with van der Waals surface area (Å²) in [6.07, 6.45) is 0. The maximum absolute atomic E-state index is 11.6. The van der Waals surface area contributed by atoms with Crippen molar-refractivity contribution in [3.8, 4) is 23.0 Å². The number of para-hydroxylation sites is 1. The maximum atomic E-state index is 11.6. The zero-order valence-corrected chi connectivity index (χ0v) is 47.8. The molecule has 0 radical (unpaired) electrons. The molecule has 0 saturated heterocycles. The minimum atomic E-state index is -3.76. The van der Waals surface area contributed by atoms with E-state index in [0.29, 0.717) is 71.9 Å². The number of amidine groups is 1. The Morgan fingerprint density at radius 2 is 0.973 bits per heavy atom. The molecular formula is C50H74ClN9O12S3. The van der Waals surface area contributed by atoms with Gasteiger partial charge in [0.2, 0.25) is 15.7 Å². The van der Waals surface area contributed by atoms with Crippen LogP contribution in [-0.4, -0.2) is 69.3 Å². The molecular weight excluding hydrogens is 1050 g/mol. The van der Waals surface area contributed by atoms with E-state index in [1.807, 2.05) is 41.5 Å². The molecule has 0 aliphatic carbocycles. The van der Waals surface area contributed by atoms with Crippen LogP contribution in [0.3, 0.4) is 0 Å². The summed E-state index contributed by atoms with van der Waals surface area (Å²) in [7, 11) is -6.67. The van der Waals surface area contributed by atoms with Crippen molar-refractivity contribution in [1.82, 2.24) is 0 Å². The van der Waals surface area contributed by atoms with Gasteiger partial charge in [-0.05, 0) is 69.2 Å². The molecule has 14 N–H and O–H groups in total. The molecule has 75 heavy (non-hydrogen) atoms. The number of nitrogen functional groups attached to an aromatic ring is 2. The summed E-state index contributed by atoms with van der Waals surface area (Å²) in [4.78, 5) is 26.2. The Labute approximate surface area is 447 Å². The molecule has 1 aliphatic heterocycles. The molecule has 2 amide bonds. The monoisotopic (exact) mass is 1120 g/mol. The molecule has 21 nitrogen and oxygen atoms in total. The summed E-state index contributed by atoms with van der Waals surface area (Å²) >= 11 is 0. The van der Waals surface area contributed by atoms with Crippen molar-refractivity contribution >= 4 is 74.7 Å². The Kier molecular flexibility index (Phi) is 24.4. The molecule has 1 aliphatic rings. The quantitative estimate of drug-likeness (QED) is 0.0421. The second kappa shape index (κ2) is 27.4. The highest BCUT2D eigenvalue weighted by Gasteiger charge is 2.26. The highest BCUT2D eigenvalue weighted by atomic mass is 35.7. The first-order chi connectivity index (χ1) is 33.9. The molecule has 0 fully saturated rings. The number of primary amides is 2. The van der Waals surface area contributed by atoms with Crippen LogP contribution in [0.2, 0.25) is 0 Å². The number of sulfonamides is 2. The van der Waals surface area contributed by atoms with Gasteiger partial charge in [-0.3, -0.25) is 9.59 Å². The average molecular weight is 1120 g/mol. The largest absolute Gasteiger partial charge is 0.504 e. The number of carbonyl (C=O) groups is 2. The first-order valence-corrected chi connectivity index (χ1v) is 28.4. The van der Waals surface area contributed by atoms with E-state index in [2.05, 4.69) is 66.6 Å². The summed E-state index contributed by atoms with van der Waals surface area (Å²) in [6, 6.07) is 20.3. The van der Waals surface area contributed by atoms with Gasteiger partial charge in [0.25, 0.3) is 31.1 Å². The Bertz CT molecular complexity index is 3020. The molecule has 25 heteroatoms. The van der Waals surface area contributed by atoms with E-state index in [1.165, 1.54) is 6.07 Å². The van der Waals surface area contributed by atoms with Crippen LogP contribution in [0.4, 0.5) is 17.1 Å². The van der Waals surface area contributed by atoms with Gasteiger partial charge in [0, 0.05) is 22.1 Å². The van der Waals surface area contributed by atoms with Crippen molar-refractivity contribution in [2.45, 2.75) is 94.6 Å². The number of primary sulfonamides is 1. The van der Waals surface area contributed by atoms with E-state index in [1.54, 1.807) is 66.7 Å². The van der Waals surface area contributed by atoms with Crippen LogP contribution in [0.25, 0.3) is 4.85 Å². The van der Waals surface area contributed by atoms with Crippen LogP contribution >= 0.6 is 10.7 Å². The normalized spacial score (nSPS) is 13.0. The summed E-state index contributed by atoms with van der Waals surface area (Å²) in [6.45, 7) is 33.5. The second-order valence-corrected chi connectivity index (χ2v) is 27.2. The van der Waals surface area contributed by atoms with Gasteiger partial charge < -0.3 is 47.6 Å². The van der Waals surface area contributed by atoms with Crippen molar-refractivity contribution in [2.24, 2.45) is 53.5 Å². The lowest BCUT2D eigenvalue weighted by atomic mass is 9.98. The van der Waals surface area contributed by atoms with Crippen LogP contribution in [-0.2, 0) is 40.8 Å². The number of ether oxygens (including phenoxy) is 4. The molecule has 0 atom stereocenters. The number of fused-ring (bicyclic) bond motifs is 1. The fraction of sp³-hybridized carbons (Fsp3) is 0.440. The molecule has 4 aromatic rings. The van der Waals surface area contributed by atoms with E-state index >= 15 is 0 Å². The molecule has 0 unspecified atom stereocenters. The third-order valence-corrected chi connectivity index (χ3v) is 10.6. The lowest BCUT2D eigenvalue weighted by molar-refractivity contribution is 0.0984. The summed E-state index contributed by atoms with van der Waals surface area (Å²) in [5.41, 5.74) is 30.7. The molecule has 0 spiro atoms.